The van der Waals surface area contributed by atoms with Gasteiger partial charge in [-0.15, -0.1) is 0 Å². The maximum Gasteiger partial charge on any atom is 0.161 e. The number of benzene rings is 1. The molecule has 0 amide bonds. The highest BCUT2D eigenvalue weighted by atomic mass is 16.5. The first kappa shape index (κ1) is 13.9. The van der Waals surface area contributed by atoms with Gasteiger partial charge in [0.2, 0.25) is 0 Å². The van der Waals surface area contributed by atoms with Crippen molar-refractivity contribution >= 4 is 0 Å². The molecule has 5 nitrogen and oxygen atoms in total. The van der Waals surface area contributed by atoms with Crippen molar-refractivity contribution in [1.29, 1.82) is 0 Å². The first-order valence-corrected chi connectivity index (χ1v) is 7.26. The molecule has 1 aromatic carbocycles. The van der Waals surface area contributed by atoms with Crippen molar-refractivity contribution in [3.63, 3.8) is 0 Å². The fraction of sp³-hybridized carbons (Fsp3) is 0.438. The van der Waals surface area contributed by atoms with Crippen molar-refractivity contribution in [3.8, 4) is 11.5 Å². The topological polar surface area (TPSA) is 48.3 Å². The third-order valence-electron chi connectivity index (χ3n) is 3.54. The number of hydrogen-bond donors (Lipinski definition) is 1. The van der Waals surface area contributed by atoms with E-state index < -0.39 is 0 Å². The molecule has 1 aliphatic rings. The molecule has 1 N–H and O–H groups in total. The third kappa shape index (κ3) is 3.76. The standard InChI is InChI=1S/C16H21N3O2/c1-19-8-7-14(18-19)11-21-15-6-3-12(9-16(15)20-2)10-17-13-4-5-13/h3,6-9,13,17H,4-5,10-11H2,1-2H3. The first-order chi connectivity index (χ1) is 10.2. The van der Waals surface area contributed by atoms with Gasteiger partial charge in [0, 0.05) is 25.8 Å². The van der Waals surface area contributed by atoms with Gasteiger partial charge in [-0.3, -0.25) is 4.68 Å². The molecule has 1 aromatic heterocycles. The van der Waals surface area contributed by atoms with Gasteiger partial charge in [-0.1, -0.05) is 6.07 Å². The van der Waals surface area contributed by atoms with Crippen LogP contribution in [0.4, 0.5) is 0 Å². The number of aryl methyl sites for hydroxylation is 1. The average molecular weight is 287 g/mol. The largest absolute Gasteiger partial charge is 0.493 e. The van der Waals surface area contributed by atoms with Crippen LogP contribution in [-0.4, -0.2) is 22.9 Å². The Hall–Kier alpha value is -2.01. The second-order valence-corrected chi connectivity index (χ2v) is 5.41. The molecule has 0 atom stereocenters. The minimum absolute atomic E-state index is 0.441. The zero-order valence-corrected chi connectivity index (χ0v) is 12.5. The van der Waals surface area contributed by atoms with E-state index in [0.29, 0.717) is 12.6 Å². The lowest BCUT2D eigenvalue weighted by Gasteiger charge is -2.12. The molecule has 0 radical (unpaired) electrons. The van der Waals surface area contributed by atoms with Crippen molar-refractivity contribution in [2.75, 3.05) is 7.11 Å². The molecule has 1 heterocycles. The summed E-state index contributed by atoms with van der Waals surface area (Å²) in [4.78, 5) is 0. The van der Waals surface area contributed by atoms with E-state index in [1.165, 1.54) is 18.4 Å². The number of nitrogens with one attached hydrogen (secondary N) is 1. The average Bonchev–Trinajstić information content (AvgIpc) is 3.24. The van der Waals surface area contributed by atoms with E-state index in [4.69, 9.17) is 9.47 Å². The van der Waals surface area contributed by atoms with Crippen molar-refractivity contribution in [2.24, 2.45) is 7.05 Å². The van der Waals surface area contributed by atoms with Gasteiger partial charge in [0.1, 0.15) is 6.61 Å². The Bertz CT molecular complexity index is 605. The van der Waals surface area contributed by atoms with Gasteiger partial charge in [0.15, 0.2) is 11.5 Å². The zero-order chi connectivity index (χ0) is 14.7. The molecule has 112 valence electrons. The van der Waals surface area contributed by atoms with E-state index in [1.54, 1.807) is 11.8 Å². The number of nitrogens with zero attached hydrogens (tertiary/aromatic N) is 2. The number of rotatable bonds is 7. The predicted octanol–water partition coefficient (Wildman–Crippen LogP) is 2.26. The summed E-state index contributed by atoms with van der Waals surface area (Å²) in [5.41, 5.74) is 2.11. The Balaban J connectivity index is 1.63. The monoisotopic (exact) mass is 287 g/mol. The molecular formula is C16H21N3O2. The summed E-state index contributed by atoms with van der Waals surface area (Å²) < 4.78 is 13.0. The van der Waals surface area contributed by atoms with Crippen LogP contribution in [0.1, 0.15) is 24.1 Å². The summed E-state index contributed by atoms with van der Waals surface area (Å²) in [6.45, 7) is 1.32. The van der Waals surface area contributed by atoms with Gasteiger partial charge < -0.3 is 14.8 Å². The van der Waals surface area contributed by atoms with Gasteiger partial charge in [-0.25, -0.2) is 0 Å². The second-order valence-electron chi connectivity index (χ2n) is 5.41. The highest BCUT2D eigenvalue weighted by Gasteiger charge is 2.20. The highest BCUT2D eigenvalue weighted by Crippen LogP contribution is 2.29. The lowest BCUT2D eigenvalue weighted by Crippen LogP contribution is -2.15. The maximum atomic E-state index is 5.80. The van der Waals surface area contributed by atoms with Gasteiger partial charge in [-0.05, 0) is 36.6 Å². The molecule has 0 bridgehead atoms. The van der Waals surface area contributed by atoms with Crippen LogP contribution >= 0.6 is 0 Å². The number of ether oxygens (including phenoxy) is 2. The molecule has 5 heteroatoms. The van der Waals surface area contributed by atoms with E-state index in [9.17, 15) is 0 Å². The zero-order valence-electron chi connectivity index (χ0n) is 12.5. The summed E-state index contributed by atoms with van der Waals surface area (Å²) in [5, 5.41) is 7.79. The van der Waals surface area contributed by atoms with Crippen molar-refractivity contribution in [3.05, 3.63) is 41.7 Å². The quantitative estimate of drug-likeness (QED) is 0.848. The van der Waals surface area contributed by atoms with E-state index in [2.05, 4.69) is 16.5 Å². The molecule has 1 saturated carbocycles. The fourth-order valence-electron chi connectivity index (χ4n) is 2.18. The normalized spacial score (nSPS) is 14.2. The minimum atomic E-state index is 0.441. The molecule has 0 spiro atoms. The van der Waals surface area contributed by atoms with Crippen LogP contribution in [0, 0.1) is 0 Å². The Morgan fingerprint density at radius 2 is 2.14 bits per heavy atom. The Morgan fingerprint density at radius 3 is 2.81 bits per heavy atom. The number of aromatic nitrogens is 2. The molecule has 0 unspecified atom stereocenters. The first-order valence-electron chi connectivity index (χ1n) is 7.26. The molecule has 1 fully saturated rings. The minimum Gasteiger partial charge on any atom is -0.493 e. The van der Waals surface area contributed by atoms with E-state index in [1.807, 2.05) is 31.4 Å². The van der Waals surface area contributed by atoms with Crippen molar-refractivity contribution in [2.45, 2.75) is 32.0 Å². The SMILES string of the molecule is COc1cc(CNC2CC2)ccc1OCc1ccn(C)n1. The van der Waals surface area contributed by atoms with E-state index in [-0.39, 0.29) is 0 Å². The van der Waals surface area contributed by atoms with E-state index in [0.717, 1.165) is 23.7 Å². The molecule has 2 aromatic rings. The van der Waals surface area contributed by atoms with Gasteiger partial charge in [0.25, 0.3) is 0 Å². The van der Waals surface area contributed by atoms with E-state index >= 15 is 0 Å². The van der Waals surface area contributed by atoms with Crippen LogP contribution in [0.2, 0.25) is 0 Å². The predicted molar refractivity (Wildman–Crippen MR) is 80.4 cm³/mol. The number of methoxy groups -OCH3 is 1. The summed E-state index contributed by atoms with van der Waals surface area (Å²) in [5.74, 6) is 1.51. The Kier molecular flexibility index (Phi) is 4.10. The Morgan fingerprint density at radius 1 is 1.29 bits per heavy atom. The summed E-state index contributed by atoms with van der Waals surface area (Å²) in [6.07, 6.45) is 4.49. The molecule has 3 rings (SSSR count). The number of hydrogen-bond acceptors (Lipinski definition) is 4. The summed E-state index contributed by atoms with van der Waals surface area (Å²) >= 11 is 0. The van der Waals surface area contributed by atoms with Crippen LogP contribution in [0.25, 0.3) is 0 Å². The smallest absolute Gasteiger partial charge is 0.161 e. The van der Waals surface area contributed by atoms with Gasteiger partial charge in [-0.2, -0.15) is 5.10 Å². The molecule has 0 aliphatic heterocycles. The highest BCUT2D eigenvalue weighted by molar-refractivity contribution is 5.43. The molecular weight excluding hydrogens is 266 g/mol. The molecule has 1 aliphatic carbocycles. The summed E-state index contributed by atoms with van der Waals surface area (Å²) in [6, 6.07) is 8.72. The van der Waals surface area contributed by atoms with Crippen molar-refractivity contribution < 1.29 is 9.47 Å². The lowest BCUT2D eigenvalue weighted by molar-refractivity contribution is 0.279. The van der Waals surface area contributed by atoms with Crippen LogP contribution < -0.4 is 14.8 Å². The van der Waals surface area contributed by atoms with Crippen LogP contribution in [0.15, 0.2) is 30.5 Å². The lowest BCUT2D eigenvalue weighted by atomic mass is 10.2. The molecule has 21 heavy (non-hydrogen) atoms. The van der Waals surface area contributed by atoms with Gasteiger partial charge >= 0.3 is 0 Å². The maximum absolute atomic E-state index is 5.80. The van der Waals surface area contributed by atoms with Crippen LogP contribution in [0.5, 0.6) is 11.5 Å². The molecule has 0 saturated heterocycles. The Labute approximate surface area is 124 Å². The van der Waals surface area contributed by atoms with Crippen LogP contribution in [0.3, 0.4) is 0 Å². The summed E-state index contributed by atoms with van der Waals surface area (Å²) in [7, 11) is 3.56. The second kappa shape index (κ2) is 6.18. The fourth-order valence-corrected chi connectivity index (χ4v) is 2.18. The van der Waals surface area contributed by atoms with Gasteiger partial charge in [0.05, 0.1) is 12.8 Å². The van der Waals surface area contributed by atoms with Crippen LogP contribution in [-0.2, 0) is 20.2 Å². The van der Waals surface area contributed by atoms with Crippen molar-refractivity contribution in [1.82, 2.24) is 15.1 Å². The third-order valence-corrected chi connectivity index (χ3v) is 3.54.